The van der Waals surface area contributed by atoms with Crippen LogP contribution in [0.15, 0.2) is 0 Å². The van der Waals surface area contributed by atoms with Crippen LogP contribution in [0.3, 0.4) is 0 Å². The Kier molecular flexibility index (Phi) is 2.83. The predicted octanol–water partition coefficient (Wildman–Crippen LogP) is -0.239. The fraction of sp³-hybridized carbons (Fsp3) is 0.500. The van der Waals surface area contributed by atoms with Gasteiger partial charge in [0.1, 0.15) is 0 Å². The zero-order chi connectivity index (χ0) is 5.86. The van der Waals surface area contributed by atoms with E-state index >= 15 is 0 Å². The first-order valence-corrected chi connectivity index (χ1v) is 2.66. The number of carbonyl (C=O) groups excluding carboxylic acids is 1. The molecular weight excluding hydrogens is 119 g/mol. The van der Waals surface area contributed by atoms with Gasteiger partial charge in [-0.25, -0.2) is 0 Å². The summed E-state index contributed by atoms with van der Waals surface area (Å²) in [5, 5.41) is 0. The van der Waals surface area contributed by atoms with Gasteiger partial charge in [0.25, 0.3) is 0 Å². The molecule has 0 aliphatic rings. The molecule has 0 rings (SSSR count). The van der Waals surface area contributed by atoms with E-state index in [1.807, 2.05) is 0 Å². The molecule has 4 nitrogen and oxygen atoms in total. The van der Waals surface area contributed by atoms with Gasteiger partial charge in [-0.1, -0.05) is 0 Å². The SMILES string of the molecule is CC(=O)OP(O)O. The minimum atomic E-state index is -2.49. The van der Waals surface area contributed by atoms with E-state index in [4.69, 9.17) is 9.79 Å². The lowest BCUT2D eigenvalue weighted by molar-refractivity contribution is -0.132. The maximum absolute atomic E-state index is 9.73. The molecule has 0 aromatic rings. The van der Waals surface area contributed by atoms with Gasteiger partial charge >= 0.3 is 14.6 Å². The van der Waals surface area contributed by atoms with Crippen LogP contribution in [0, 0.1) is 0 Å². The molecule has 0 spiro atoms. The van der Waals surface area contributed by atoms with Crippen LogP contribution in [0.4, 0.5) is 0 Å². The largest absolute Gasteiger partial charge is 0.395 e. The van der Waals surface area contributed by atoms with E-state index in [0.717, 1.165) is 6.92 Å². The van der Waals surface area contributed by atoms with E-state index in [2.05, 4.69) is 4.52 Å². The number of carbonyl (C=O) groups is 1. The zero-order valence-electron chi connectivity index (χ0n) is 3.66. The van der Waals surface area contributed by atoms with Crippen LogP contribution < -0.4 is 0 Å². The third-order valence-electron chi connectivity index (χ3n) is 0.210. The quantitative estimate of drug-likeness (QED) is 0.473. The molecule has 42 valence electrons. The Morgan fingerprint density at radius 3 is 2.14 bits per heavy atom. The lowest BCUT2D eigenvalue weighted by atomic mass is 10.9. The second-order valence-corrected chi connectivity index (χ2v) is 1.52. The van der Waals surface area contributed by atoms with Crippen molar-refractivity contribution in [2.75, 3.05) is 0 Å². The lowest BCUT2D eigenvalue weighted by Gasteiger charge is -1.96. The van der Waals surface area contributed by atoms with Crippen LogP contribution in [0.2, 0.25) is 0 Å². The van der Waals surface area contributed by atoms with Gasteiger partial charge in [-0.15, -0.1) is 0 Å². The van der Waals surface area contributed by atoms with Gasteiger partial charge in [-0.05, 0) is 0 Å². The minimum Gasteiger partial charge on any atom is -0.395 e. The second-order valence-electron chi connectivity index (χ2n) is 0.836. The van der Waals surface area contributed by atoms with Crippen LogP contribution in [0.25, 0.3) is 0 Å². The second kappa shape index (κ2) is 2.91. The molecule has 0 saturated carbocycles. The van der Waals surface area contributed by atoms with Gasteiger partial charge in [-0.2, -0.15) is 0 Å². The Morgan fingerprint density at radius 1 is 1.71 bits per heavy atom. The number of hydrogen-bond acceptors (Lipinski definition) is 4. The van der Waals surface area contributed by atoms with E-state index in [-0.39, 0.29) is 0 Å². The molecule has 0 amide bonds. The van der Waals surface area contributed by atoms with E-state index in [1.165, 1.54) is 0 Å². The molecule has 2 N–H and O–H groups in total. The topological polar surface area (TPSA) is 66.8 Å². The summed E-state index contributed by atoms with van der Waals surface area (Å²) < 4.78 is 3.79. The predicted molar refractivity (Wildman–Crippen MR) is 23.1 cm³/mol. The van der Waals surface area contributed by atoms with Gasteiger partial charge in [0.15, 0.2) is 0 Å². The van der Waals surface area contributed by atoms with Crippen molar-refractivity contribution in [3.8, 4) is 0 Å². The highest BCUT2D eigenvalue weighted by Crippen LogP contribution is 2.23. The van der Waals surface area contributed by atoms with Gasteiger partial charge in [0, 0.05) is 6.92 Å². The Labute approximate surface area is 41.7 Å². The summed E-state index contributed by atoms with van der Waals surface area (Å²) in [5.74, 6) is -0.684. The number of hydrogen-bond donors (Lipinski definition) is 2. The lowest BCUT2D eigenvalue weighted by Crippen LogP contribution is -1.90. The maximum Gasteiger partial charge on any atom is 0.393 e. The molecule has 0 unspecified atom stereocenters. The van der Waals surface area contributed by atoms with Crippen LogP contribution in [0.1, 0.15) is 6.92 Å². The van der Waals surface area contributed by atoms with Gasteiger partial charge in [0.2, 0.25) is 0 Å². The Morgan fingerprint density at radius 2 is 2.14 bits per heavy atom. The molecule has 0 atom stereocenters. The summed E-state index contributed by atoms with van der Waals surface area (Å²) in [4.78, 5) is 25.5. The van der Waals surface area contributed by atoms with Gasteiger partial charge < -0.3 is 14.3 Å². The van der Waals surface area contributed by atoms with Crippen molar-refractivity contribution >= 4 is 14.6 Å². The number of rotatable bonds is 1. The fourth-order valence-corrected chi connectivity index (χ4v) is 0.345. The first-order valence-electron chi connectivity index (χ1n) is 1.49. The summed E-state index contributed by atoms with van der Waals surface area (Å²) in [6.07, 6.45) is 0. The molecule has 7 heavy (non-hydrogen) atoms. The molecule has 0 aromatic carbocycles. The highest BCUT2D eigenvalue weighted by Gasteiger charge is 2.00. The van der Waals surface area contributed by atoms with Crippen LogP contribution >= 0.6 is 8.60 Å². The summed E-state index contributed by atoms with van der Waals surface area (Å²) in [5.41, 5.74) is 0. The molecule has 0 aliphatic carbocycles. The monoisotopic (exact) mass is 124 g/mol. The smallest absolute Gasteiger partial charge is 0.393 e. The average molecular weight is 124 g/mol. The normalized spacial score (nSPS) is 9.14. The summed E-state index contributed by atoms with van der Waals surface area (Å²) >= 11 is 0. The molecule has 0 bridgehead atoms. The first-order chi connectivity index (χ1) is 3.13. The van der Waals surface area contributed by atoms with Crippen molar-refractivity contribution in [1.82, 2.24) is 0 Å². The summed E-state index contributed by atoms with van der Waals surface area (Å²) in [6.45, 7) is 1.10. The summed E-state index contributed by atoms with van der Waals surface area (Å²) in [7, 11) is -2.49. The molecular formula is C2H5O4P. The van der Waals surface area contributed by atoms with E-state index in [1.54, 1.807) is 0 Å². The van der Waals surface area contributed by atoms with Crippen molar-refractivity contribution in [3.63, 3.8) is 0 Å². The Hall–Kier alpha value is -0.180. The molecule has 0 aliphatic heterocycles. The summed E-state index contributed by atoms with van der Waals surface area (Å²) in [6, 6.07) is 0. The van der Waals surface area contributed by atoms with Crippen molar-refractivity contribution in [2.24, 2.45) is 0 Å². The third kappa shape index (κ3) is 5.82. The minimum absolute atomic E-state index is 0.684. The van der Waals surface area contributed by atoms with Crippen LogP contribution in [-0.2, 0) is 9.32 Å². The van der Waals surface area contributed by atoms with Crippen molar-refractivity contribution in [1.29, 1.82) is 0 Å². The molecule has 5 heteroatoms. The highest BCUT2D eigenvalue weighted by molar-refractivity contribution is 7.40. The highest BCUT2D eigenvalue weighted by atomic mass is 31.2. The third-order valence-corrected chi connectivity index (χ3v) is 0.631. The molecule has 0 aromatic heterocycles. The fourth-order valence-electron chi connectivity index (χ4n) is 0.115. The van der Waals surface area contributed by atoms with E-state index in [0.29, 0.717) is 0 Å². The van der Waals surface area contributed by atoms with E-state index < -0.39 is 14.6 Å². The molecule has 0 heterocycles. The van der Waals surface area contributed by atoms with E-state index in [9.17, 15) is 4.79 Å². The van der Waals surface area contributed by atoms with Crippen molar-refractivity contribution < 1.29 is 19.1 Å². The first kappa shape index (κ1) is 6.82. The molecule has 0 radical (unpaired) electrons. The Balaban J connectivity index is 3.13. The average Bonchev–Trinajstić information content (AvgIpc) is 1.27. The van der Waals surface area contributed by atoms with Crippen molar-refractivity contribution in [3.05, 3.63) is 0 Å². The Bertz CT molecular complexity index is 70.1. The van der Waals surface area contributed by atoms with Crippen LogP contribution in [0.5, 0.6) is 0 Å². The molecule has 0 saturated heterocycles. The maximum atomic E-state index is 9.73. The van der Waals surface area contributed by atoms with Gasteiger partial charge in [0.05, 0.1) is 0 Å². The molecule has 0 fully saturated rings. The van der Waals surface area contributed by atoms with Crippen LogP contribution in [-0.4, -0.2) is 15.8 Å². The standard InChI is InChI=1S/C2H5O4P/c1-2(3)6-7(4)5/h4-5H,1H3. The van der Waals surface area contributed by atoms with Crippen molar-refractivity contribution in [2.45, 2.75) is 6.92 Å². The zero-order valence-corrected chi connectivity index (χ0v) is 4.55. The van der Waals surface area contributed by atoms with Gasteiger partial charge in [-0.3, -0.25) is 4.79 Å².